The number of carbonyl (C=O) groups excluding carboxylic acids is 1. The van der Waals surface area contributed by atoms with Crippen molar-refractivity contribution in [2.75, 3.05) is 0 Å². The number of benzene rings is 2. The van der Waals surface area contributed by atoms with Crippen molar-refractivity contribution < 1.29 is 13.7 Å². The van der Waals surface area contributed by atoms with Crippen LogP contribution in [-0.2, 0) is 0 Å². The fourth-order valence-corrected chi connectivity index (χ4v) is 2.89. The first kappa shape index (κ1) is 15.2. The van der Waals surface area contributed by atoms with Crippen LogP contribution in [0.25, 0.3) is 22.3 Å². The number of amides is 1. The van der Waals surface area contributed by atoms with E-state index < -0.39 is 0 Å². The molecule has 5 nitrogen and oxygen atoms in total. The first-order valence-corrected chi connectivity index (χ1v) is 8.01. The maximum atomic E-state index is 12.5. The summed E-state index contributed by atoms with van der Waals surface area (Å²) in [5, 5.41) is 9.07. The third kappa shape index (κ3) is 2.92. The molecule has 1 N–H and O–H groups in total. The predicted octanol–water partition coefficient (Wildman–Crippen LogP) is 4.58. The summed E-state index contributed by atoms with van der Waals surface area (Å²) in [5.41, 5.74) is 1.28. The highest BCUT2D eigenvalue weighted by molar-refractivity contribution is 5.94. The SMILES string of the molecule is C[C@H](NC(=O)c1cc(-c2ccco2)on1)c1cccc2ccccc12. The highest BCUT2D eigenvalue weighted by Gasteiger charge is 2.18. The fourth-order valence-electron chi connectivity index (χ4n) is 2.89. The Labute approximate surface area is 144 Å². The van der Waals surface area contributed by atoms with Crippen molar-refractivity contribution in [2.45, 2.75) is 13.0 Å². The molecule has 0 bridgehead atoms. The number of nitrogens with one attached hydrogen (secondary N) is 1. The molecule has 0 unspecified atom stereocenters. The van der Waals surface area contributed by atoms with Crippen molar-refractivity contribution >= 4 is 16.7 Å². The number of hydrogen-bond donors (Lipinski definition) is 1. The lowest BCUT2D eigenvalue weighted by molar-refractivity contribution is 0.0931. The molecule has 0 spiro atoms. The number of rotatable bonds is 4. The number of hydrogen-bond acceptors (Lipinski definition) is 4. The summed E-state index contributed by atoms with van der Waals surface area (Å²) in [6.07, 6.45) is 1.54. The van der Waals surface area contributed by atoms with Crippen LogP contribution in [-0.4, -0.2) is 11.1 Å². The van der Waals surface area contributed by atoms with Crippen LogP contribution < -0.4 is 5.32 Å². The number of nitrogens with zero attached hydrogens (tertiary/aromatic N) is 1. The monoisotopic (exact) mass is 332 g/mol. The van der Waals surface area contributed by atoms with Crippen molar-refractivity contribution in [3.63, 3.8) is 0 Å². The molecule has 5 heteroatoms. The van der Waals surface area contributed by atoms with Crippen LogP contribution in [0.15, 0.2) is 75.9 Å². The van der Waals surface area contributed by atoms with Crippen molar-refractivity contribution in [1.29, 1.82) is 0 Å². The zero-order valence-electron chi connectivity index (χ0n) is 13.6. The van der Waals surface area contributed by atoms with E-state index >= 15 is 0 Å². The normalized spacial score (nSPS) is 12.2. The second-order valence-corrected chi connectivity index (χ2v) is 5.82. The smallest absolute Gasteiger partial charge is 0.273 e. The lowest BCUT2D eigenvalue weighted by atomic mass is 9.99. The van der Waals surface area contributed by atoms with Crippen LogP contribution in [0.4, 0.5) is 0 Å². The summed E-state index contributed by atoms with van der Waals surface area (Å²) in [6.45, 7) is 1.95. The van der Waals surface area contributed by atoms with Crippen LogP contribution in [0.1, 0.15) is 29.0 Å². The first-order chi connectivity index (χ1) is 12.2. The van der Waals surface area contributed by atoms with Gasteiger partial charge in [-0.25, -0.2) is 0 Å². The molecule has 0 aliphatic rings. The standard InChI is InChI=1S/C20H16N2O3/c1-13(15-9-4-7-14-6-2-3-8-16(14)15)21-20(23)17-12-19(25-22-17)18-10-5-11-24-18/h2-13H,1H3,(H,21,23)/t13-/m0/s1. The van der Waals surface area contributed by atoms with E-state index in [2.05, 4.69) is 28.7 Å². The molecule has 0 aliphatic heterocycles. The number of carbonyl (C=O) groups is 1. The van der Waals surface area contributed by atoms with E-state index in [1.54, 1.807) is 24.5 Å². The Morgan fingerprint density at radius 1 is 1.04 bits per heavy atom. The van der Waals surface area contributed by atoms with E-state index in [0.717, 1.165) is 16.3 Å². The summed E-state index contributed by atoms with van der Waals surface area (Å²) in [4.78, 5) is 12.5. The summed E-state index contributed by atoms with van der Waals surface area (Å²) in [5.74, 6) is 0.670. The van der Waals surface area contributed by atoms with Gasteiger partial charge in [0, 0.05) is 6.07 Å². The van der Waals surface area contributed by atoms with Crippen molar-refractivity contribution in [3.8, 4) is 11.5 Å². The number of aromatic nitrogens is 1. The van der Waals surface area contributed by atoms with Crippen LogP contribution in [0.5, 0.6) is 0 Å². The van der Waals surface area contributed by atoms with Gasteiger partial charge in [-0.1, -0.05) is 47.6 Å². The predicted molar refractivity (Wildman–Crippen MR) is 94.0 cm³/mol. The zero-order chi connectivity index (χ0) is 17.2. The Balaban J connectivity index is 1.56. The van der Waals surface area contributed by atoms with Gasteiger partial charge in [0.05, 0.1) is 12.3 Å². The molecule has 25 heavy (non-hydrogen) atoms. The van der Waals surface area contributed by atoms with Gasteiger partial charge < -0.3 is 14.3 Å². The second kappa shape index (κ2) is 6.28. The van der Waals surface area contributed by atoms with Gasteiger partial charge in [-0.3, -0.25) is 4.79 Å². The molecule has 4 rings (SSSR count). The molecule has 0 radical (unpaired) electrons. The Hall–Kier alpha value is -3.34. The average Bonchev–Trinajstić information content (AvgIpc) is 3.32. The highest BCUT2D eigenvalue weighted by atomic mass is 16.5. The van der Waals surface area contributed by atoms with E-state index in [-0.39, 0.29) is 17.6 Å². The van der Waals surface area contributed by atoms with Crippen molar-refractivity contribution in [3.05, 3.63) is 78.2 Å². The van der Waals surface area contributed by atoms with Crippen LogP contribution >= 0.6 is 0 Å². The Bertz CT molecular complexity index is 1010. The van der Waals surface area contributed by atoms with E-state index in [1.165, 1.54) is 0 Å². The van der Waals surface area contributed by atoms with Gasteiger partial charge in [-0.05, 0) is 35.4 Å². The van der Waals surface area contributed by atoms with E-state index in [4.69, 9.17) is 8.94 Å². The van der Waals surface area contributed by atoms with Crippen molar-refractivity contribution in [1.82, 2.24) is 10.5 Å². The summed E-state index contributed by atoms with van der Waals surface area (Å²) in [6, 6.07) is 19.1. The molecule has 0 aliphatic carbocycles. The van der Waals surface area contributed by atoms with E-state index in [0.29, 0.717) is 11.5 Å². The third-order valence-corrected chi connectivity index (χ3v) is 4.14. The molecular formula is C20H16N2O3. The van der Waals surface area contributed by atoms with Crippen LogP contribution in [0.2, 0.25) is 0 Å². The van der Waals surface area contributed by atoms with E-state index in [9.17, 15) is 4.79 Å². The molecule has 0 saturated heterocycles. The molecule has 2 heterocycles. The van der Waals surface area contributed by atoms with Gasteiger partial charge in [-0.2, -0.15) is 0 Å². The lowest BCUT2D eigenvalue weighted by Gasteiger charge is -2.15. The van der Waals surface area contributed by atoms with Gasteiger partial charge in [-0.15, -0.1) is 0 Å². The van der Waals surface area contributed by atoms with Gasteiger partial charge in [0.2, 0.25) is 5.76 Å². The molecule has 2 aromatic heterocycles. The van der Waals surface area contributed by atoms with Crippen molar-refractivity contribution in [2.24, 2.45) is 0 Å². The Morgan fingerprint density at radius 3 is 2.72 bits per heavy atom. The molecule has 1 amide bonds. The highest BCUT2D eigenvalue weighted by Crippen LogP contribution is 2.25. The third-order valence-electron chi connectivity index (χ3n) is 4.14. The number of furan rings is 1. The molecular weight excluding hydrogens is 316 g/mol. The Morgan fingerprint density at radius 2 is 1.88 bits per heavy atom. The van der Waals surface area contributed by atoms with E-state index in [1.807, 2.05) is 31.2 Å². The van der Waals surface area contributed by atoms with Gasteiger partial charge in [0.25, 0.3) is 5.91 Å². The second-order valence-electron chi connectivity index (χ2n) is 5.82. The summed E-state index contributed by atoms with van der Waals surface area (Å²) >= 11 is 0. The van der Waals surface area contributed by atoms with Crippen LogP contribution in [0.3, 0.4) is 0 Å². The average molecular weight is 332 g/mol. The first-order valence-electron chi connectivity index (χ1n) is 8.01. The summed E-state index contributed by atoms with van der Waals surface area (Å²) < 4.78 is 10.4. The maximum Gasteiger partial charge on any atom is 0.273 e. The van der Waals surface area contributed by atoms with Gasteiger partial charge in [0.15, 0.2) is 11.5 Å². The molecule has 1 atom stereocenters. The molecule has 124 valence electrons. The topological polar surface area (TPSA) is 68.3 Å². The summed E-state index contributed by atoms with van der Waals surface area (Å²) in [7, 11) is 0. The number of fused-ring (bicyclic) bond motifs is 1. The quantitative estimate of drug-likeness (QED) is 0.594. The zero-order valence-corrected chi connectivity index (χ0v) is 13.6. The van der Waals surface area contributed by atoms with Gasteiger partial charge >= 0.3 is 0 Å². The minimum atomic E-state index is -0.290. The molecule has 4 aromatic rings. The largest absolute Gasteiger partial charge is 0.461 e. The van der Waals surface area contributed by atoms with Crippen LogP contribution in [0, 0.1) is 0 Å². The molecule has 2 aromatic carbocycles. The molecule has 0 fully saturated rings. The Kier molecular flexibility index (Phi) is 3.82. The minimum absolute atomic E-state index is 0.164. The minimum Gasteiger partial charge on any atom is -0.461 e. The maximum absolute atomic E-state index is 12.5. The fraction of sp³-hybridized carbons (Fsp3) is 0.100. The lowest BCUT2D eigenvalue weighted by Crippen LogP contribution is -2.27. The molecule has 0 saturated carbocycles. The van der Waals surface area contributed by atoms with Gasteiger partial charge in [0.1, 0.15) is 0 Å².